The molecule has 0 bridgehead atoms. The summed E-state index contributed by atoms with van der Waals surface area (Å²) in [6.07, 6.45) is 0. The average molecular weight is 285 g/mol. The van der Waals surface area contributed by atoms with E-state index in [1.54, 1.807) is 7.11 Å². The fraction of sp³-hybridized carbons (Fsp3) is 0.235. The normalized spacial score (nSPS) is 10.0. The molecule has 0 unspecified atom stereocenters. The first kappa shape index (κ1) is 14.9. The van der Waals surface area contributed by atoms with Gasteiger partial charge >= 0.3 is 0 Å². The Morgan fingerprint density at radius 3 is 2.38 bits per heavy atom. The molecular weight excluding hydrogens is 266 g/mol. The Labute approximate surface area is 124 Å². The monoisotopic (exact) mass is 285 g/mol. The Kier molecular flexibility index (Phi) is 5.21. The van der Waals surface area contributed by atoms with Crippen LogP contribution in [0.25, 0.3) is 0 Å². The fourth-order valence-corrected chi connectivity index (χ4v) is 1.93. The van der Waals surface area contributed by atoms with E-state index in [4.69, 9.17) is 9.47 Å². The van der Waals surface area contributed by atoms with Crippen molar-refractivity contribution >= 4 is 5.91 Å². The summed E-state index contributed by atoms with van der Waals surface area (Å²) in [5.74, 6) is 1.46. The van der Waals surface area contributed by atoms with Gasteiger partial charge in [-0.1, -0.05) is 18.2 Å². The van der Waals surface area contributed by atoms with Crippen LogP contribution in [0.3, 0.4) is 0 Å². The molecule has 0 aliphatic carbocycles. The van der Waals surface area contributed by atoms with Gasteiger partial charge in [-0.25, -0.2) is 0 Å². The van der Waals surface area contributed by atoms with E-state index in [1.165, 1.54) is 0 Å². The Hall–Kier alpha value is -2.49. The third-order valence-corrected chi connectivity index (χ3v) is 3.11. The van der Waals surface area contributed by atoms with E-state index in [1.807, 2.05) is 55.5 Å². The molecule has 21 heavy (non-hydrogen) atoms. The lowest BCUT2D eigenvalue weighted by atomic mass is 10.1. The number of benzene rings is 2. The second-order valence-electron chi connectivity index (χ2n) is 4.59. The summed E-state index contributed by atoms with van der Waals surface area (Å²) in [5, 5.41) is 2.84. The van der Waals surface area contributed by atoms with Crippen molar-refractivity contribution in [2.24, 2.45) is 0 Å². The molecule has 0 atom stereocenters. The van der Waals surface area contributed by atoms with Gasteiger partial charge in [0, 0.05) is 5.56 Å². The third-order valence-electron chi connectivity index (χ3n) is 3.11. The van der Waals surface area contributed by atoms with Crippen LogP contribution in [0.5, 0.6) is 11.5 Å². The minimum Gasteiger partial charge on any atom is -0.497 e. The molecule has 0 saturated carbocycles. The minimum atomic E-state index is -0.0774. The first-order chi connectivity index (χ1) is 10.2. The Bertz CT molecular complexity index is 593. The predicted molar refractivity (Wildman–Crippen MR) is 82.0 cm³/mol. The zero-order chi connectivity index (χ0) is 15.1. The lowest BCUT2D eigenvalue weighted by Gasteiger charge is -2.09. The van der Waals surface area contributed by atoms with Crippen molar-refractivity contribution in [3.63, 3.8) is 0 Å². The molecule has 1 N–H and O–H groups in total. The molecule has 2 rings (SSSR count). The number of rotatable bonds is 6. The molecule has 0 aromatic heterocycles. The summed E-state index contributed by atoms with van der Waals surface area (Å²) in [4.78, 5) is 12.0. The van der Waals surface area contributed by atoms with E-state index in [-0.39, 0.29) is 5.91 Å². The van der Waals surface area contributed by atoms with Gasteiger partial charge in [0.15, 0.2) is 0 Å². The van der Waals surface area contributed by atoms with Gasteiger partial charge in [0.05, 0.1) is 13.7 Å². The van der Waals surface area contributed by atoms with Crippen molar-refractivity contribution in [2.75, 3.05) is 20.3 Å². The first-order valence-corrected chi connectivity index (χ1v) is 6.81. The van der Waals surface area contributed by atoms with E-state index in [0.717, 1.165) is 17.1 Å². The van der Waals surface area contributed by atoms with Gasteiger partial charge in [0.2, 0.25) is 0 Å². The standard InChI is InChI=1S/C17H19NO3/c1-13-5-3-4-6-16(13)17(19)18-11-12-21-15-9-7-14(20-2)8-10-15/h3-10H,11-12H2,1-2H3,(H,18,19). The quantitative estimate of drug-likeness (QED) is 0.830. The van der Waals surface area contributed by atoms with Crippen LogP contribution in [-0.4, -0.2) is 26.2 Å². The van der Waals surface area contributed by atoms with Crippen molar-refractivity contribution in [3.8, 4) is 11.5 Å². The molecule has 4 nitrogen and oxygen atoms in total. The van der Waals surface area contributed by atoms with Gasteiger partial charge in [-0.15, -0.1) is 0 Å². The van der Waals surface area contributed by atoms with Crippen LogP contribution in [0.1, 0.15) is 15.9 Å². The molecule has 0 aliphatic rings. The highest BCUT2D eigenvalue weighted by molar-refractivity contribution is 5.95. The summed E-state index contributed by atoms with van der Waals surface area (Å²) in [6.45, 7) is 2.80. The number of nitrogens with one attached hydrogen (secondary N) is 1. The molecule has 1 amide bonds. The van der Waals surface area contributed by atoms with Gasteiger partial charge < -0.3 is 14.8 Å². The summed E-state index contributed by atoms with van der Waals surface area (Å²) in [6, 6.07) is 14.8. The number of carbonyl (C=O) groups is 1. The molecule has 0 spiro atoms. The molecule has 0 heterocycles. The van der Waals surface area contributed by atoms with E-state index in [0.29, 0.717) is 18.7 Å². The number of hydrogen-bond acceptors (Lipinski definition) is 3. The van der Waals surface area contributed by atoms with Crippen molar-refractivity contribution in [1.29, 1.82) is 0 Å². The number of aryl methyl sites for hydroxylation is 1. The van der Waals surface area contributed by atoms with Crippen molar-refractivity contribution in [3.05, 3.63) is 59.7 Å². The van der Waals surface area contributed by atoms with Crippen molar-refractivity contribution < 1.29 is 14.3 Å². The highest BCUT2D eigenvalue weighted by atomic mass is 16.5. The molecule has 0 aliphatic heterocycles. The lowest BCUT2D eigenvalue weighted by molar-refractivity contribution is 0.0946. The topological polar surface area (TPSA) is 47.6 Å². The van der Waals surface area contributed by atoms with Crippen molar-refractivity contribution in [1.82, 2.24) is 5.32 Å². The van der Waals surface area contributed by atoms with Crippen LogP contribution in [0.15, 0.2) is 48.5 Å². The number of methoxy groups -OCH3 is 1. The van der Waals surface area contributed by atoms with Gasteiger partial charge in [-0.3, -0.25) is 4.79 Å². The van der Waals surface area contributed by atoms with Gasteiger partial charge in [-0.05, 0) is 42.8 Å². The molecule has 0 saturated heterocycles. The van der Waals surface area contributed by atoms with Crippen LogP contribution in [-0.2, 0) is 0 Å². The van der Waals surface area contributed by atoms with Gasteiger partial charge in [0.25, 0.3) is 5.91 Å². The van der Waals surface area contributed by atoms with Crippen LogP contribution >= 0.6 is 0 Å². The molecule has 2 aromatic carbocycles. The Morgan fingerprint density at radius 1 is 1.05 bits per heavy atom. The number of carbonyl (C=O) groups excluding carboxylic acids is 1. The Morgan fingerprint density at radius 2 is 1.71 bits per heavy atom. The fourth-order valence-electron chi connectivity index (χ4n) is 1.93. The van der Waals surface area contributed by atoms with E-state index in [9.17, 15) is 4.79 Å². The molecule has 110 valence electrons. The number of amides is 1. The smallest absolute Gasteiger partial charge is 0.251 e. The molecule has 2 aromatic rings. The highest BCUT2D eigenvalue weighted by Gasteiger charge is 2.06. The number of hydrogen-bond donors (Lipinski definition) is 1. The second kappa shape index (κ2) is 7.33. The van der Waals surface area contributed by atoms with Crippen LogP contribution in [0, 0.1) is 6.92 Å². The zero-order valence-electron chi connectivity index (χ0n) is 12.3. The first-order valence-electron chi connectivity index (χ1n) is 6.81. The van der Waals surface area contributed by atoms with E-state index in [2.05, 4.69) is 5.32 Å². The summed E-state index contributed by atoms with van der Waals surface area (Å²) in [7, 11) is 1.62. The maximum atomic E-state index is 12.0. The van der Waals surface area contributed by atoms with Gasteiger partial charge in [0.1, 0.15) is 18.1 Å². The predicted octanol–water partition coefficient (Wildman–Crippen LogP) is 2.81. The molecular formula is C17H19NO3. The molecule has 0 fully saturated rings. The zero-order valence-corrected chi connectivity index (χ0v) is 12.3. The minimum absolute atomic E-state index is 0.0774. The molecule has 4 heteroatoms. The van der Waals surface area contributed by atoms with E-state index < -0.39 is 0 Å². The summed E-state index contributed by atoms with van der Waals surface area (Å²) >= 11 is 0. The van der Waals surface area contributed by atoms with Gasteiger partial charge in [-0.2, -0.15) is 0 Å². The van der Waals surface area contributed by atoms with E-state index >= 15 is 0 Å². The maximum absolute atomic E-state index is 12.0. The SMILES string of the molecule is COc1ccc(OCCNC(=O)c2ccccc2C)cc1. The third kappa shape index (κ3) is 4.24. The Balaban J connectivity index is 1.76. The molecule has 0 radical (unpaired) electrons. The highest BCUT2D eigenvalue weighted by Crippen LogP contribution is 2.16. The largest absolute Gasteiger partial charge is 0.497 e. The maximum Gasteiger partial charge on any atom is 0.251 e. The van der Waals surface area contributed by atoms with Crippen LogP contribution < -0.4 is 14.8 Å². The summed E-state index contributed by atoms with van der Waals surface area (Å²) < 4.78 is 10.6. The number of ether oxygens (including phenoxy) is 2. The average Bonchev–Trinajstić information content (AvgIpc) is 2.52. The lowest BCUT2D eigenvalue weighted by Crippen LogP contribution is -2.28. The second-order valence-corrected chi connectivity index (χ2v) is 4.59. The van der Waals surface area contributed by atoms with Crippen LogP contribution in [0.4, 0.5) is 0 Å². The van der Waals surface area contributed by atoms with Crippen molar-refractivity contribution in [2.45, 2.75) is 6.92 Å². The van der Waals surface area contributed by atoms with Crippen LogP contribution in [0.2, 0.25) is 0 Å². The summed E-state index contributed by atoms with van der Waals surface area (Å²) in [5.41, 5.74) is 1.66.